The van der Waals surface area contributed by atoms with E-state index in [1.54, 1.807) is 0 Å². The first-order chi connectivity index (χ1) is 11.1. The Kier molecular flexibility index (Phi) is 7.42. The highest BCUT2D eigenvalue weighted by Crippen LogP contribution is 2.22. The van der Waals surface area contributed by atoms with E-state index < -0.39 is 37.3 Å². The third-order valence-corrected chi connectivity index (χ3v) is 4.08. The number of hydrogen-bond donors (Lipinski definition) is 4. The van der Waals surface area contributed by atoms with E-state index in [4.69, 9.17) is 14.6 Å². The van der Waals surface area contributed by atoms with Gasteiger partial charge in [-0.15, -0.1) is 0 Å². The molecule has 0 amide bonds. The van der Waals surface area contributed by atoms with E-state index in [0.29, 0.717) is 6.61 Å². The van der Waals surface area contributed by atoms with Gasteiger partial charge in [-0.25, -0.2) is 0 Å². The highest BCUT2D eigenvalue weighted by Gasteiger charge is 2.43. The van der Waals surface area contributed by atoms with E-state index in [9.17, 15) is 15.3 Å². The molecular weight excluding hydrogens is 300 g/mol. The van der Waals surface area contributed by atoms with Gasteiger partial charge in [0.15, 0.2) is 6.29 Å². The Labute approximate surface area is 136 Å². The summed E-state index contributed by atoms with van der Waals surface area (Å²) in [5.41, 5.74) is 1.31. The fraction of sp³-hybridized carbons (Fsp3) is 0.647. The summed E-state index contributed by atoms with van der Waals surface area (Å²) in [4.78, 5) is 0. The average molecular weight is 326 g/mol. The van der Waals surface area contributed by atoms with Crippen LogP contribution in [0.1, 0.15) is 24.8 Å². The first-order valence-corrected chi connectivity index (χ1v) is 8.09. The summed E-state index contributed by atoms with van der Waals surface area (Å²) in [6.45, 7) is -0.0562. The van der Waals surface area contributed by atoms with Gasteiger partial charge in [0.25, 0.3) is 0 Å². The number of unbranched alkanes of at least 4 members (excludes halogenated alkanes) is 2. The van der Waals surface area contributed by atoms with Gasteiger partial charge in [-0.1, -0.05) is 36.8 Å². The summed E-state index contributed by atoms with van der Waals surface area (Å²) in [6, 6.07) is 10.3. The summed E-state index contributed by atoms with van der Waals surface area (Å²) < 4.78 is 10.7. The minimum Gasteiger partial charge on any atom is -0.394 e. The zero-order valence-electron chi connectivity index (χ0n) is 13.1. The normalized spacial score (nSPS) is 31.2. The third-order valence-electron chi connectivity index (χ3n) is 4.08. The molecule has 6 nitrogen and oxygen atoms in total. The molecule has 0 bridgehead atoms. The molecule has 1 aromatic carbocycles. The Morgan fingerprint density at radius 2 is 1.65 bits per heavy atom. The van der Waals surface area contributed by atoms with Gasteiger partial charge in [0.05, 0.1) is 6.61 Å². The van der Waals surface area contributed by atoms with Gasteiger partial charge in [0, 0.05) is 6.61 Å². The molecule has 130 valence electrons. The molecule has 0 spiro atoms. The van der Waals surface area contributed by atoms with Crippen molar-refractivity contribution in [3.05, 3.63) is 35.9 Å². The second kappa shape index (κ2) is 9.32. The van der Waals surface area contributed by atoms with Crippen molar-refractivity contribution < 1.29 is 29.9 Å². The molecule has 1 aromatic rings. The summed E-state index contributed by atoms with van der Waals surface area (Å²) in [7, 11) is 0. The maximum absolute atomic E-state index is 9.83. The van der Waals surface area contributed by atoms with Gasteiger partial charge in [-0.3, -0.25) is 0 Å². The molecule has 1 aliphatic rings. The maximum atomic E-state index is 9.83. The Balaban J connectivity index is 1.63. The second-order valence-corrected chi connectivity index (χ2v) is 5.86. The molecule has 0 saturated carbocycles. The fourth-order valence-electron chi connectivity index (χ4n) is 2.66. The smallest absolute Gasteiger partial charge is 0.186 e. The van der Waals surface area contributed by atoms with Gasteiger partial charge in [0.2, 0.25) is 0 Å². The van der Waals surface area contributed by atoms with Crippen LogP contribution in [0, 0.1) is 0 Å². The van der Waals surface area contributed by atoms with Crippen LogP contribution in [0.5, 0.6) is 0 Å². The van der Waals surface area contributed by atoms with Crippen LogP contribution in [-0.2, 0) is 15.9 Å². The minimum atomic E-state index is -1.39. The molecule has 1 aliphatic heterocycles. The Morgan fingerprint density at radius 1 is 0.913 bits per heavy atom. The van der Waals surface area contributed by atoms with Crippen LogP contribution < -0.4 is 0 Å². The third kappa shape index (κ3) is 5.24. The van der Waals surface area contributed by atoms with Gasteiger partial charge >= 0.3 is 0 Å². The van der Waals surface area contributed by atoms with Crippen molar-refractivity contribution >= 4 is 0 Å². The number of benzene rings is 1. The van der Waals surface area contributed by atoms with Crippen molar-refractivity contribution in [3.63, 3.8) is 0 Å². The summed E-state index contributed by atoms with van der Waals surface area (Å²) >= 11 is 0. The molecular formula is C17H26O6. The maximum Gasteiger partial charge on any atom is 0.186 e. The molecule has 2 rings (SSSR count). The van der Waals surface area contributed by atoms with Crippen LogP contribution in [0.15, 0.2) is 30.3 Å². The Hall–Kier alpha value is -1.02. The van der Waals surface area contributed by atoms with Crippen molar-refractivity contribution in [3.8, 4) is 0 Å². The highest BCUT2D eigenvalue weighted by atomic mass is 16.7. The molecule has 23 heavy (non-hydrogen) atoms. The van der Waals surface area contributed by atoms with Crippen LogP contribution in [0.25, 0.3) is 0 Å². The lowest BCUT2D eigenvalue weighted by molar-refractivity contribution is -0.301. The fourth-order valence-corrected chi connectivity index (χ4v) is 2.66. The van der Waals surface area contributed by atoms with Gasteiger partial charge in [0.1, 0.15) is 24.4 Å². The predicted molar refractivity (Wildman–Crippen MR) is 83.7 cm³/mol. The lowest BCUT2D eigenvalue weighted by atomic mass is 9.99. The van der Waals surface area contributed by atoms with Crippen molar-refractivity contribution in [2.75, 3.05) is 13.2 Å². The van der Waals surface area contributed by atoms with Crippen LogP contribution in [-0.4, -0.2) is 64.3 Å². The molecule has 5 atom stereocenters. The predicted octanol–water partition coefficient (Wildman–Crippen LogP) is 0.216. The molecule has 1 heterocycles. The molecule has 0 aromatic heterocycles. The summed E-state index contributed by atoms with van der Waals surface area (Å²) in [6.07, 6.45) is -2.16. The van der Waals surface area contributed by atoms with Crippen LogP contribution in [0.2, 0.25) is 0 Å². The Bertz CT molecular complexity index is 438. The highest BCUT2D eigenvalue weighted by molar-refractivity contribution is 5.14. The first-order valence-electron chi connectivity index (χ1n) is 8.09. The number of ether oxygens (including phenoxy) is 2. The summed E-state index contributed by atoms with van der Waals surface area (Å²) in [5.74, 6) is 0. The molecule has 6 heteroatoms. The average Bonchev–Trinajstić information content (AvgIpc) is 2.58. The largest absolute Gasteiger partial charge is 0.394 e. The number of aryl methyl sites for hydroxylation is 1. The molecule has 1 fully saturated rings. The monoisotopic (exact) mass is 326 g/mol. The quantitative estimate of drug-likeness (QED) is 0.510. The van der Waals surface area contributed by atoms with E-state index in [0.717, 1.165) is 25.7 Å². The van der Waals surface area contributed by atoms with E-state index in [1.807, 2.05) is 18.2 Å². The summed E-state index contributed by atoms with van der Waals surface area (Å²) in [5, 5.41) is 38.3. The number of hydrogen-bond acceptors (Lipinski definition) is 6. The van der Waals surface area contributed by atoms with Crippen molar-refractivity contribution in [1.82, 2.24) is 0 Å². The lowest BCUT2D eigenvalue weighted by Crippen LogP contribution is -2.59. The van der Waals surface area contributed by atoms with Gasteiger partial charge in [-0.2, -0.15) is 0 Å². The van der Waals surface area contributed by atoms with E-state index in [-0.39, 0.29) is 0 Å². The number of aliphatic hydroxyl groups excluding tert-OH is 4. The van der Waals surface area contributed by atoms with E-state index >= 15 is 0 Å². The number of rotatable bonds is 8. The first kappa shape index (κ1) is 18.3. The zero-order chi connectivity index (χ0) is 16.7. The minimum absolute atomic E-state index is 0.386. The number of aliphatic hydroxyl groups is 4. The van der Waals surface area contributed by atoms with Crippen molar-refractivity contribution in [2.45, 2.75) is 56.4 Å². The van der Waals surface area contributed by atoms with Crippen LogP contribution in [0.3, 0.4) is 0 Å². The van der Waals surface area contributed by atoms with Gasteiger partial charge < -0.3 is 29.9 Å². The topological polar surface area (TPSA) is 99.4 Å². The zero-order valence-corrected chi connectivity index (χ0v) is 13.1. The molecule has 0 radical (unpaired) electrons. The van der Waals surface area contributed by atoms with Crippen molar-refractivity contribution in [2.24, 2.45) is 0 Å². The molecule has 0 aliphatic carbocycles. The van der Waals surface area contributed by atoms with Crippen LogP contribution >= 0.6 is 0 Å². The lowest BCUT2D eigenvalue weighted by Gasteiger charge is -2.39. The molecule has 0 unspecified atom stereocenters. The molecule has 1 saturated heterocycles. The SMILES string of the molecule is OC[C@H]1O[C@@H](OCCCCCc2ccccc2)[C@H](O)[C@@H](O)[C@@H]1O. The van der Waals surface area contributed by atoms with E-state index in [2.05, 4.69) is 12.1 Å². The van der Waals surface area contributed by atoms with Gasteiger partial charge in [-0.05, 0) is 24.8 Å². The van der Waals surface area contributed by atoms with E-state index in [1.165, 1.54) is 5.56 Å². The molecule has 4 N–H and O–H groups in total. The second-order valence-electron chi connectivity index (χ2n) is 5.86. The van der Waals surface area contributed by atoms with Crippen molar-refractivity contribution in [1.29, 1.82) is 0 Å². The standard InChI is InChI=1S/C17H26O6/c18-11-13-14(19)15(20)16(21)17(23-13)22-10-6-2-5-9-12-7-3-1-4-8-12/h1,3-4,7-8,13-21H,2,5-6,9-11H2/t13-,14-,15+,16-,17-/m1/s1. The van der Waals surface area contributed by atoms with Crippen LogP contribution in [0.4, 0.5) is 0 Å². The Morgan fingerprint density at radius 3 is 2.35 bits per heavy atom.